The fourth-order valence-corrected chi connectivity index (χ4v) is 2.23. The van der Waals surface area contributed by atoms with E-state index in [2.05, 4.69) is 9.47 Å². The number of aliphatic hydroxyl groups is 1. The summed E-state index contributed by atoms with van der Waals surface area (Å²) in [6.07, 6.45) is -0.857. The van der Waals surface area contributed by atoms with Crippen LogP contribution >= 0.6 is 0 Å². The van der Waals surface area contributed by atoms with Crippen molar-refractivity contribution in [3.05, 3.63) is 0 Å². The van der Waals surface area contributed by atoms with Crippen LogP contribution in [0.25, 0.3) is 0 Å². The van der Waals surface area contributed by atoms with Crippen molar-refractivity contribution < 1.29 is 42.7 Å². The topological polar surface area (TPSA) is 99.1 Å². The summed E-state index contributed by atoms with van der Waals surface area (Å²) in [6, 6.07) is 0. The summed E-state index contributed by atoms with van der Waals surface area (Å²) in [5.41, 5.74) is 0. The number of carbonyl (C=O) groups is 3. The summed E-state index contributed by atoms with van der Waals surface area (Å²) < 4.78 is 15.3. The molecule has 0 amide bonds. The summed E-state index contributed by atoms with van der Waals surface area (Å²) in [6.45, 7) is 2.46. The Kier molecular flexibility index (Phi) is 12.9. The van der Waals surface area contributed by atoms with Gasteiger partial charge < -0.3 is 28.3 Å². The molecular formula is C18H38N2O7+2. The van der Waals surface area contributed by atoms with E-state index in [0.717, 1.165) is 0 Å². The van der Waals surface area contributed by atoms with Crippen LogP contribution in [0.3, 0.4) is 0 Å². The molecule has 0 aliphatic rings. The van der Waals surface area contributed by atoms with Gasteiger partial charge in [-0.15, -0.1) is 0 Å². The van der Waals surface area contributed by atoms with Crippen molar-refractivity contribution in [3.8, 4) is 0 Å². The average Bonchev–Trinajstić information content (AvgIpc) is 2.42. The number of aliphatic hydroxyl groups excluding tert-OH is 1. The number of esters is 3. The van der Waals surface area contributed by atoms with Gasteiger partial charge in [0.25, 0.3) is 0 Å². The van der Waals surface area contributed by atoms with Gasteiger partial charge in [-0.2, -0.15) is 0 Å². The van der Waals surface area contributed by atoms with Gasteiger partial charge >= 0.3 is 17.9 Å². The highest BCUT2D eigenvalue weighted by Gasteiger charge is 2.24. The van der Waals surface area contributed by atoms with E-state index in [-0.39, 0.29) is 30.7 Å². The molecule has 0 fully saturated rings. The summed E-state index contributed by atoms with van der Waals surface area (Å²) in [7, 11) is 14.4. The summed E-state index contributed by atoms with van der Waals surface area (Å²) in [5.74, 6) is -1.11. The summed E-state index contributed by atoms with van der Waals surface area (Å²) >= 11 is 0. The molecule has 9 heteroatoms. The van der Waals surface area contributed by atoms with Crippen molar-refractivity contribution in [2.75, 3.05) is 69.6 Å². The Balaban J connectivity index is 0. The molecule has 0 bridgehead atoms. The number of methoxy groups -OCH3 is 2. The smallest absolute Gasteiger partial charge is 0.309 e. The minimum absolute atomic E-state index is 0.0754. The Hall–Kier alpha value is -1.71. The van der Waals surface area contributed by atoms with Gasteiger partial charge in [-0.3, -0.25) is 14.4 Å². The molecule has 0 heterocycles. The van der Waals surface area contributed by atoms with Crippen LogP contribution in [-0.4, -0.2) is 114 Å². The number of hydrogen-bond acceptors (Lipinski definition) is 7. The normalized spacial score (nSPS) is 13.6. The first kappa shape index (κ1) is 27.5. The second-order valence-electron chi connectivity index (χ2n) is 8.39. The maximum Gasteiger partial charge on any atom is 0.309 e. The van der Waals surface area contributed by atoms with E-state index in [1.165, 1.54) is 21.1 Å². The Labute approximate surface area is 163 Å². The van der Waals surface area contributed by atoms with E-state index in [9.17, 15) is 19.5 Å². The molecule has 2 unspecified atom stereocenters. The van der Waals surface area contributed by atoms with Crippen molar-refractivity contribution in [2.24, 2.45) is 0 Å². The fraction of sp³-hybridized carbons (Fsp3) is 0.833. The number of hydrogen-bond donors (Lipinski definition) is 1. The molecule has 0 radical (unpaired) electrons. The van der Waals surface area contributed by atoms with Gasteiger partial charge in [-0.25, -0.2) is 0 Å². The first-order valence-corrected chi connectivity index (χ1v) is 8.69. The predicted molar refractivity (Wildman–Crippen MR) is 101 cm³/mol. The van der Waals surface area contributed by atoms with E-state index in [0.29, 0.717) is 22.1 Å². The highest BCUT2D eigenvalue weighted by molar-refractivity contribution is 5.71. The Morgan fingerprint density at radius 2 is 1.22 bits per heavy atom. The first-order chi connectivity index (χ1) is 12.1. The zero-order valence-electron chi connectivity index (χ0n) is 18.3. The molecule has 2 atom stereocenters. The first-order valence-electron chi connectivity index (χ1n) is 8.69. The minimum Gasteiger partial charge on any atom is -0.469 e. The monoisotopic (exact) mass is 394 g/mol. The van der Waals surface area contributed by atoms with Crippen LogP contribution in [0, 0.1) is 0 Å². The Morgan fingerprint density at radius 1 is 0.815 bits per heavy atom. The molecule has 0 saturated carbocycles. The molecule has 0 saturated heterocycles. The number of nitrogens with zero attached hydrogens (tertiary/aromatic N) is 2. The molecule has 27 heavy (non-hydrogen) atoms. The fourth-order valence-electron chi connectivity index (χ4n) is 2.23. The number of quaternary nitrogens is 2. The predicted octanol–water partition coefficient (Wildman–Crippen LogP) is -0.196. The van der Waals surface area contributed by atoms with Gasteiger partial charge in [-0.1, -0.05) is 0 Å². The molecule has 0 aromatic rings. The molecular weight excluding hydrogens is 356 g/mol. The Bertz CT molecular complexity index is 467. The molecule has 0 aliphatic heterocycles. The Morgan fingerprint density at radius 3 is 1.56 bits per heavy atom. The van der Waals surface area contributed by atoms with Crippen LogP contribution in [0.2, 0.25) is 0 Å². The third-order valence-corrected chi connectivity index (χ3v) is 3.09. The molecule has 160 valence electrons. The van der Waals surface area contributed by atoms with Gasteiger partial charge in [0.15, 0.2) is 6.10 Å². The maximum absolute atomic E-state index is 11.1. The van der Waals surface area contributed by atoms with E-state index < -0.39 is 12.2 Å². The third-order valence-electron chi connectivity index (χ3n) is 3.09. The van der Waals surface area contributed by atoms with Crippen LogP contribution in [0.15, 0.2) is 0 Å². The molecule has 0 aliphatic carbocycles. The van der Waals surface area contributed by atoms with Crippen LogP contribution in [0.1, 0.15) is 19.8 Å². The zero-order chi connectivity index (χ0) is 21.8. The SMILES string of the molecule is COC(=O)CC(C[N+](C)(C)C)OC(C)=O.COC(=O)CC(O)C[N+](C)(C)C. The van der Waals surface area contributed by atoms with E-state index in [4.69, 9.17) is 4.74 Å². The lowest BCUT2D eigenvalue weighted by atomic mass is 10.2. The lowest BCUT2D eigenvalue weighted by Gasteiger charge is -2.28. The maximum atomic E-state index is 11.1. The summed E-state index contributed by atoms with van der Waals surface area (Å²) in [4.78, 5) is 32.6. The highest BCUT2D eigenvalue weighted by atomic mass is 16.6. The van der Waals surface area contributed by atoms with Crippen molar-refractivity contribution in [2.45, 2.75) is 32.0 Å². The van der Waals surface area contributed by atoms with Gasteiger partial charge in [0, 0.05) is 6.92 Å². The van der Waals surface area contributed by atoms with Crippen molar-refractivity contribution >= 4 is 17.9 Å². The lowest BCUT2D eigenvalue weighted by molar-refractivity contribution is -0.873. The van der Waals surface area contributed by atoms with Crippen LogP contribution in [0.5, 0.6) is 0 Å². The van der Waals surface area contributed by atoms with Gasteiger partial charge in [0.2, 0.25) is 0 Å². The highest BCUT2D eigenvalue weighted by Crippen LogP contribution is 2.06. The largest absolute Gasteiger partial charge is 0.469 e. The molecule has 9 nitrogen and oxygen atoms in total. The standard InChI is InChI=1S/C10H20NO4.C8H18NO3/c1-8(12)15-9(6-10(13)14-5)7-11(2,3)4;1-9(2,3)6-7(10)5-8(11)12-4/h9H,6-7H2,1-5H3;7,10H,5-6H2,1-4H3/q2*+1. The minimum atomic E-state index is -0.613. The second-order valence-corrected chi connectivity index (χ2v) is 8.39. The van der Waals surface area contributed by atoms with E-state index in [1.54, 1.807) is 0 Å². The van der Waals surface area contributed by atoms with Crippen LogP contribution in [0.4, 0.5) is 0 Å². The number of carbonyl (C=O) groups excluding carboxylic acids is 3. The van der Waals surface area contributed by atoms with Crippen molar-refractivity contribution in [3.63, 3.8) is 0 Å². The van der Waals surface area contributed by atoms with Gasteiger partial charge in [0.1, 0.15) is 19.2 Å². The van der Waals surface area contributed by atoms with Crippen LogP contribution in [-0.2, 0) is 28.6 Å². The van der Waals surface area contributed by atoms with E-state index >= 15 is 0 Å². The van der Waals surface area contributed by atoms with Crippen molar-refractivity contribution in [1.29, 1.82) is 0 Å². The molecule has 0 aromatic carbocycles. The van der Waals surface area contributed by atoms with Crippen molar-refractivity contribution in [1.82, 2.24) is 0 Å². The van der Waals surface area contributed by atoms with Gasteiger partial charge in [-0.05, 0) is 0 Å². The summed E-state index contributed by atoms with van der Waals surface area (Å²) in [5, 5.41) is 9.37. The average molecular weight is 395 g/mol. The molecule has 0 aromatic heterocycles. The molecule has 1 N–H and O–H groups in total. The lowest BCUT2D eigenvalue weighted by Crippen LogP contribution is -2.43. The zero-order valence-corrected chi connectivity index (χ0v) is 18.3. The number of rotatable bonds is 9. The van der Waals surface area contributed by atoms with Gasteiger partial charge in [0.05, 0.1) is 69.3 Å². The quantitative estimate of drug-likeness (QED) is 0.329. The molecule has 0 spiro atoms. The van der Waals surface area contributed by atoms with Crippen LogP contribution < -0.4 is 0 Å². The second kappa shape index (κ2) is 12.6. The number of likely N-dealkylation sites (N-methyl/N-ethyl adjacent to an activating group) is 2. The van der Waals surface area contributed by atoms with E-state index in [1.807, 2.05) is 42.3 Å². The molecule has 0 rings (SSSR count). The third kappa shape index (κ3) is 20.5. The number of ether oxygens (including phenoxy) is 3.